The van der Waals surface area contributed by atoms with E-state index in [1.165, 1.54) is 0 Å². The van der Waals surface area contributed by atoms with Crippen LogP contribution < -0.4 is 0 Å². The standard InChI is InChI=1S/C15H10OS.ClH/c16-15(11-6-2-1-3-7-11)14-10-12-8-4-5-9-13(12)17-14;/h1-10H;1H. The van der Waals surface area contributed by atoms with Crippen LogP contribution in [0.5, 0.6) is 0 Å². The predicted octanol–water partition coefficient (Wildman–Crippen LogP) is 4.55. The van der Waals surface area contributed by atoms with Gasteiger partial charge < -0.3 is 0 Å². The average molecular weight is 275 g/mol. The van der Waals surface area contributed by atoms with Crippen LogP contribution in [0.25, 0.3) is 10.1 Å². The van der Waals surface area contributed by atoms with Crippen LogP contribution in [-0.4, -0.2) is 5.78 Å². The number of benzene rings is 2. The minimum Gasteiger partial charge on any atom is -0.288 e. The van der Waals surface area contributed by atoms with Crippen molar-refractivity contribution < 1.29 is 4.79 Å². The third kappa shape index (κ3) is 2.30. The number of carbonyl (C=O) groups is 1. The summed E-state index contributed by atoms with van der Waals surface area (Å²) in [6.07, 6.45) is 0. The number of fused-ring (bicyclic) bond motifs is 1. The van der Waals surface area contributed by atoms with E-state index in [0.29, 0.717) is 0 Å². The van der Waals surface area contributed by atoms with Gasteiger partial charge in [-0.05, 0) is 17.5 Å². The minimum absolute atomic E-state index is 0. The van der Waals surface area contributed by atoms with Gasteiger partial charge in [0.15, 0.2) is 0 Å². The fourth-order valence-corrected chi connectivity index (χ4v) is 2.85. The average Bonchev–Trinajstić information content (AvgIpc) is 2.82. The van der Waals surface area contributed by atoms with Crippen LogP contribution in [0.2, 0.25) is 0 Å². The fourth-order valence-electron chi connectivity index (χ4n) is 1.83. The van der Waals surface area contributed by atoms with Gasteiger partial charge in [0.1, 0.15) is 0 Å². The van der Waals surface area contributed by atoms with E-state index in [-0.39, 0.29) is 18.2 Å². The Kier molecular flexibility index (Phi) is 3.80. The van der Waals surface area contributed by atoms with Crippen molar-refractivity contribution >= 4 is 39.6 Å². The molecule has 3 aromatic rings. The summed E-state index contributed by atoms with van der Waals surface area (Å²) in [5.74, 6) is 0.104. The Labute approximate surface area is 115 Å². The third-order valence-corrected chi connectivity index (χ3v) is 3.80. The molecular formula is C15H11ClOS. The van der Waals surface area contributed by atoms with E-state index in [0.717, 1.165) is 20.5 Å². The monoisotopic (exact) mass is 274 g/mol. The summed E-state index contributed by atoms with van der Waals surface area (Å²) in [6, 6.07) is 19.4. The Morgan fingerprint density at radius 1 is 0.889 bits per heavy atom. The maximum Gasteiger partial charge on any atom is 0.202 e. The zero-order valence-corrected chi connectivity index (χ0v) is 11.1. The van der Waals surface area contributed by atoms with Crippen LogP contribution in [0, 0.1) is 0 Å². The van der Waals surface area contributed by atoms with Gasteiger partial charge in [-0.1, -0.05) is 48.5 Å². The minimum atomic E-state index is 0. The van der Waals surface area contributed by atoms with E-state index in [4.69, 9.17) is 0 Å². The molecule has 1 heterocycles. The van der Waals surface area contributed by atoms with E-state index in [1.54, 1.807) is 11.3 Å². The topological polar surface area (TPSA) is 17.1 Å². The lowest BCUT2D eigenvalue weighted by Gasteiger charge is -1.95. The molecule has 0 aliphatic heterocycles. The van der Waals surface area contributed by atoms with Crippen molar-refractivity contribution in [2.75, 3.05) is 0 Å². The van der Waals surface area contributed by atoms with Crippen molar-refractivity contribution in [3.63, 3.8) is 0 Å². The van der Waals surface area contributed by atoms with E-state index in [9.17, 15) is 4.79 Å². The quantitative estimate of drug-likeness (QED) is 0.627. The molecule has 0 bridgehead atoms. The van der Waals surface area contributed by atoms with Crippen LogP contribution in [-0.2, 0) is 0 Å². The van der Waals surface area contributed by atoms with Gasteiger partial charge in [0.25, 0.3) is 0 Å². The molecule has 0 radical (unpaired) electrons. The van der Waals surface area contributed by atoms with Gasteiger partial charge in [0.2, 0.25) is 5.78 Å². The first-order chi connectivity index (χ1) is 8.34. The normalized spacial score (nSPS) is 10.0. The lowest BCUT2D eigenvalue weighted by Crippen LogP contribution is -1.97. The van der Waals surface area contributed by atoms with Gasteiger partial charge in [0, 0.05) is 10.3 Å². The number of carbonyl (C=O) groups excluding carboxylic acids is 1. The highest BCUT2D eigenvalue weighted by atomic mass is 35.5. The summed E-state index contributed by atoms with van der Waals surface area (Å²) in [6.45, 7) is 0. The lowest BCUT2D eigenvalue weighted by atomic mass is 10.1. The molecule has 1 aromatic heterocycles. The van der Waals surface area contributed by atoms with Crippen molar-refractivity contribution in [1.82, 2.24) is 0 Å². The van der Waals surface area contributed by atoms with Crippen molar-refractivity contribution in [2.24, 2.45) is 0 Å². The molecule has 90 valence electrons. The zero-order chi connectivity index (χ0) is 11.7. The molecule has 3 rings (SSSR count). The zero-order valence-electron chi connectivity index (χ0n) is 9.50. The second-order valence-electron chi connectivity index (χ2n) is 3.84. The van der Waals surface area contributed by atoms with Gasteiger partial charge in [0.05, 0.1) is 4.88 Å². The number of ketones is 1. The lowest BCUT2D eigenvalue weighted by molar-refractivity contribution is 0.104. The van der Waals surface area contributed by atoms with E-state index in [2.05, 4.69) is 0 Å². The first-order valence-electron chi connectivity index (χ1n) is 5.43. The summed E-state index contributed by atoms with van der Waals surface area (Å²) in [5, 5.41) is 1.14. The summed E-state index contributed by atoms with van der Waals surface area (Å²) in [7, 11) is 0. The molecule has 2 aromatic carbocycles. The van der Waals surface area contributed by atoms with Crippen molar-refractivity contribution in [3.05, 3.63) is 71.1 Å². The van der Waals surface area contributed by atoms with Crippen LogP contribution in [0.4, 0.5) is 0 Å². The van der Waals surface area contributed by atoms with E-state index >= 15 is 0 Å². The van der Waals surface area contributed by atoms with Crippen LogP contribution in [0.15, 0.2) is 60.7 Å². The highest BCUT2D eigenvalue weighted by Crippen LogP contribution is 2.26. The predicted molar refractivity (Wildman–Crippen MR) is 78.9 cm³/mol. The molecule has 0 spiro atoms. The molecule has 0 aliphatic rings. The Morgan fingerprint density at radius 3 is 2.28 bits per heavy atom. The molecule has 0 amide bonds. The maximum atomic E-state index is 12.2. The largest absolute Gasteiger partial charge is 0.288 e. The highest BCUT2D eigenvalue weighted by molar-refractivity contribution is 7.21. The molecular weight excluding hydrogens is 264 g/mol. The molecule has 0 saturated heterocycles. The first-order valence-corrected chi connectivity index (χ1v) is 6.24. The van der Waals surface area contributed by atoms with E-state index < -0.39 is 0 Å². The summed E-state index contributed by atoms with van der Waals surface area (Å²) < 4.78 is 1.16. The Bertz CT molecular complexity index is 640. The summed E-state index contributed by atoms with van der Waals surface area (Å²) >= 11 is 1.55. The second kappa shape index (κ2) is 5.34. The third-order valence-electron chi connectivity index (χ3n) is 2.69. The molecule has 0 fully saturated rings. The summed E-state index contributed by atoms with van der Waals surface area (Å²) in [4.78, 5) is 13.0. The van der Waals surface area contributed by atoms with E-state index in [1.807, 2.05) is 60.7 Å². The molecule has 0 unspecified atom stereocenters. The Hall–Kier alpha value is -1.64. The number of hydrogen-bond donors (Lipinski definition) is 0. The second-order valence-corrected chi connectivity index (χ2v) is 4.93. The van der Waals surface area contributed by atoms with Gasteiger partial charge in [-0.3, -0.25) is 4.79 Å². The highest BCUT2D eigenvalue weighted by Gasteiger charge is 2.11. The van der Waals surface area contributed by atoms with Crippen molar-refractivity contribution in [2.45, 2.75) is 0 Å². The molecule has 0 aliphatic carbocycles. The van der Waals surface area contributed by atoms with Gasteiger partial charge in [-0.25, -0.2) is 0 Å². The fraction of sp³-hybridized carbons (Fsp3) is 0. The number of rotatable bonds is 2. The van der Waals surface area contributed by atoms with Gasteiger partial charge >= 0.3 is 0 Å². The molecule has 0 saturated carbocycles. The van der Waals surface area contributed by atoms with Gasteiger partial charge in [-0.15, -0.1) is 23.7 Å². The SMILES string of the molecule is Cl.O=C(c1ccccc1)c1cc2ccccc2s1. The van der Waals surface area contributed by atoms with Gasteiger partial charge in [-0.2, -0.15) is 0 Å². The van der Waals surface area contributed by atoms with Crippen LogP contribution in [0.1, 0.15) is 15.2 Å². The number of halogens is 1. The Balaban J connectivity index is 0.00000120. The molecule has 1 nitrogen and oxygen atoms in total. The summed E-state index contributed by atoms with van der Waals surface area (Å²) in [5.41, 5.74) is 0.749. The molecule has 18 heavy (non-hydrogen) atoms. The smallest absolute Gasteiger partial charge is 0.202 e. The van der Waals surface area contributed by atoms with Crippen LogP contribution in [0.3, 0.4) is 0 Å². The molecule has 0 atom stereocenters. The van der Waals surface area contributed by atoms with Crippen molar-refractivity contribution in [3.8, 4) is 0 Å². The Morgan fingerprint density at radius 2 is 1.56 bits per heavy atom. The number of hydrogen-bond acceptors (Lipinski definition) is 2. The molecule has 3 heteroatoms. The maximum absolute atomic E-state index is 12.2. The molecule has 0 N–H and O–H groups in total. The van der Waals surface area contributed by atoms with Crippen LogP contribution >= 0.6 is 23.7 Å². The van der Waals surface area contributed by atoms with Crippen molar-refractivity contribution in [1.29, 1.82) is 0 Å². The first kappa shape index (κ1) is 12.8. The number of thiophene rings is 1.